The van der Waals surface area contributed by atoms with Gasteiger partial charge in [-0.05, 0) is 6.92 Å². The monoisotopic (exact) mass is 220 g/mol. The summed E-state index contributed by atoms with van der Waals surface area (Å²) in [4.78, 5) is 13.2. The van der Waals surface area contributed by atoms with Crippen molar-refractivity contribution in [3.05, 3.63) is 23.6 Å². The van der Waals surface area contributed by atoms with E-state index in [0.29, 0.717) is 11.6 Å². The van der Waals surface area contributed by atoms with Crippen molar-refractivity contribution < 1.29 is 9.32 Å². The fraction of sp³-hybridized carbons (Fsp3) is 0.300. The molecule has 0 atom stereocenters. The number of nitrogens with zero attached hydrogens (tertiary/aromatic N) is 3. The molecule has 0 bridgehead atoms. The molecule has 1 rings (SSSR count). The molecular weight excluding hydrogens is 208 g/mol. The molecule has 1 amide bonds. The van der Waals surface area contributed by atoms with Crippen LogP contribution in [0.1, 0.15) is 5.76 Å². The third-order valence-corrected chi connectivity index (χ3v) is 1.62. The minimum absolute atomic E-state index is 0.00523. The standard InChI is InChI=1S/C10H12N4O2/c1-7-4-9(13-16-7)12-10(15)8(5-11)6-14(2)3/h4,6H,1-3H3,(H,12,13,15). The highest BCUT2D eigenvalue weighted by molar-refractivity contribution is 6.05. The van der Waals surface area contributed by atoms with Crippen molar-refractivity contribution in [2.75, 3.05) is 19.4 Å². The van der Waals surface area contributed by atoms with Crippen LogP contribution < -0.4 is 5.32 Å². The highest BCUT2D eigenvalue weighted by Crippen LogP contribution is 2.08. The third-order valence-electron chi connectivity index (χ3n) is 1.62. The van der Waals surface area contributed by atoms with Crippen LogP contribution >= 0.6 is 0 Å². The molecule has 84 valence electrons. The fourth-order valence-electron chi connectivity index (χ4n) is 1.01. The molecular formula is C10H12N4O2. The number of aromatic nitrogens is 1. The molecule has 1 aromatic rings. The Morgan fingerprint density at radius 3 is 2.81 bits per heavy atom. The Hall–Kier alpha value is -2.29. The van der Waals surface area contributed by atoms with Crippen LogP contribution in [0.3, 0.4) is 0 Å². The summed E-state index contributed by atoms with van der Waals surface area (Å²) in [6.45, 7) is 1.71. The molecule has 16 heavy (non-hydrogen) atoms. The number of rotatable bonds is 3. The van der Waals surface area contributed by atoms with Crippen molar-refractivity contribution in [3.63, 3.8) is 0 Å². The number of carbonyl (C=O) groups is 1. The summed E-state index contributed by atoms with van der Waals surface area (Å²) >= 11 is 0. The van der Waals surface area contributed by atoms with Crippen LogP contribution in [-0.2, 0) is 4.79 Å². The summed E-state index contributed by atoms with van der Waals surface area (Å²) in [7, 11) is 3.45. The lowest BCUT2D eigenvalue weighted by Crippen LogP contribution is -2.16. The van der Waals surface area contributed by atoms with Crippen molar-refractivity contribution in [2.45, 2.75) is 6.92 Å². The smallest absolute Gasteiger partial charge is 0.269 e. The minimum Gasteiger partial charge on any atom is -0.382 e. The van der Waals surface area contributed by atoms with Gasteiger partial charge < -0.3 is 14.7 Å². The van der Waals surface area contributed by atoms with E-state index in [1.165, 1.54) is 6.20 Å². The van der Waals surface area contributed by atoms with E-state index in [9.17, 15) is 4.79 Å². The Morgan fingerprint density at radius 2 is 2.38 bits per heavy atom. The Kier molecular flexibility index (Phi) is 3.67. The van der Waals surface area contributed by atoms with Crippen molar-refractivity contribution >= 4 is 11.7 Å². The van der Waals surface area contributed by atoms with Gasteiger partial charge in [-0.3, -0.25) is 4.79 Å². The van der Waals surface area contributed by atoms with E-state index in [1.54, 1.807) is 32.0 Å². The summed E-state index contributed by atoms with van der Waals surface area (Å²) in [6.07, 6.45) is 1.43. The number of carbonyl (C=O) groups excluding carboxylic acids is 1. The second-order valence-corrected chi connectivity index (χ2v) is 3.40. The lowest BCUT2D eigenvalue weighted by atomic mass is 10.3. The average molecular weight is 220 g/mol. The van der Waals surface area contributed by atoms with Gasteiger partial charge >= 0.3 is 0 Å². The maximum Gasteiger partial charge on any atom is 0.269 e. The van der Waals surface area contributed by atoms with E-state index in [1.807, 2.05) is 6.07 Å². The molecule has 0 saturated heterocycles. The summed E-state index contributed by atoms with van der Waals surface area (Å²) < 4.78 is 4.78. The SMILES string of the molecule is Cc1cc(NC(=O)C(C#N)=CN(C)C)no1. The average Bonchev–Trinajstić information content (AvgIpc) is 2.60. The zero-order valence-corrected chi connectivity index (χ0v) is 9.31. The van der Waals surface area contributed by atoms with E-state index in [2.05, 4.69) is 10.5 Å². The first kappa shape index (κ1) is 11.8. The molecule has 0 saturated carbocycles. The molecule has 0 unspecified atom stereocenters. The van der Waals surface area contributed by atoms with E-state index in [4.69, 9.17) is 9.78 Å². The topological polar surface area (TPSA) is 82.2 Å². The van der Waals surface area contributed by atoms with Gasteiger partial charge in [0.25, 0.3) is 5.91 Å². The van der Waals surface area contributed by atoms with Gasteiger partial charge in [0.2, 0.25) is 0 Å². The van der Waals surface area contributed by atoms with Crippen molar-refractivity contribution in [2.24, 2.45) is 0 Å². The van der Waals surface area contributed by atoms with Crippen LogP contribution in [-0.4, -0.2) is 30.1 Å². The quantitative estimate of drug-likeness (QED) is 0.604. The first-order chi connectivity index (χ1) is 7.52. The maximum atomic E-state index is 11.6. The lowest BCUT2D eigenvalue weighted by Gasteiger charge is -2.05. The Morgan fingerprint density at radius 1 is 1.69 bits per heavy atom. The Labute approximate surface area is 93.1 Å². The highest BCUT2D eigenvalue weighted by Gasteiger charge is 2.11. The predicted molar refractivity (Wildman–Crippen MR) is 57.3 cm³/mol. The molecule has 1 N–H and O–H groups in total. The molecule has 0 aliphatic rings. The highest BCUT2D eigenvalue weighted by atomic mass is 16.5. The Bertz CT molecular complexity index is 454. The largest absolute Gasteiger partial charge is 0.382 e. The van der Waals surface area contributed by atoms with Crippen LogP contribution in [0.2, 0.25) is 0 Å². The zero-order valence-electron chi connectivity index (χ0n) is 9.31. The first-order valence-electron chi connectivity index (χ1n) is 4.56. The van der Waals surface area contributed by atoms with Gasteiger partial charge in [0, 0.05) is 26.4 Å². The van der Waals surface area contributed by atoms with Crippen molar-refractivity contribution in [1.29, 1.82) is 5.26 Å². The molecule has 1 heterocycles. The number of aryl methyl sites for hydroxylation is 1. The predicted octanol–water partition coefficient (Wildman–Crippen LogP) is 0.891. The number of hydrogen-bond donors (Lipinski definition) is 1. The first-order valence-corrected chi connectivity index (χ1v) is 4.56. The minimum atomic E-state index is -0.510. The second-order valence-electron chi connectivity index (χ2n) is 3.40. The molecule has 1 aromatic heterocycles. The number of anilines is 1. The van der Waals surface area contributed by atoms with Crippen LogP contribution in [0.4, 0.5) is 5.82 Å². The molecule has 6 nitrogen and oxygen atoms in total. The van der Waals surface area contributed by atoms with Gasteiger partial charge in [0.05, 0.1) is 0 Å². The van der Waals surface area contributed by atoms with Crippen LogP contribution in [0.15, 0.2) is 22.4 Å². The maximum absolute atomic E-state index is 11.6. The van der Waals surface area contributed by atoms with Crippen molar-refractivity contribution in [3.8, 4) is 6.07 Å². The van der Waals surface area contributed by atoms with Crippen LogP contribution in [0, 0.1) is 18.3 Å². The number of hydrogen-bond acceptors (Lipinski definition) is 5. The van der Waals surface area contributed by atoms with Gasteiger partial charge in [-0.2, -0.15) is 5.26 Å². The molecule has 0 aliphatic carbocycles. The van der Waals surface area contributed by atoms with E-state index >= 15 is 0 Å². The number of nitriles is 1. The zero-order chi connectivity index (χ0) is 12.1. The second kappa shape index (κ2) is 4.98. The van der Waals surface area contributed by atoms with Crippen LogP contribution in [0.25, 0.3) is 0 Å². The lowest BCUT2D eigenvalue weighted by molar-refractivity contribution is -0.112. The molecule has 0 spiro atoms. The van der Waals surface area contributed by atoms with Gasteiger partial charge in [-0.15, -0.1) is 0 Å². The molecule has 0 radical (unpaired) electrons. The molecule has 0 aromatic carbocycles. The molecule has 0 fully saturated rings. The van der Waals surface area contributed by atoms with E-state index in [0.717, 1.165) is 0 Å². The molecule has 6 heteroatoms. The summed E-state index contributed by atoms with van der Waals surface area (Å²) in [6, 6.07) is 3.38. The molecule has 0 aliphatic heterocycles. The van der Waals surface area contributed by atoms with Gasteiger partial charge in [-0.1, -0.05) is 5.16 Å². The normalized spacial score (nSPS) is 10.8. The number of amides is 1. The van der Waals surface area contributed by atoms with E-state index < -0.39 is 5.91 Å². The van der Waals surface area contributed by atoms with Gasteiger partial charge in [-0.25, -0.2) is 0 Å². The fourth-order valence-corrected chi connectivity index (χ4v) is 1.01. The van der Waals surface area contributed by atoms with Crippen molar-refractivity contribution in [1.82, 2.24) is 10.1 Å². The van der Waals surface area contributed by atoms with E-state index in [-0.39, 0.29) is 5.57 Å². The third kappa shape index (κ3) is 3.13. The number of nitrogens with one attached hydrogen (secondary N) is 1. The summed E-state index contributed by atoms with van der Waals surface area (Å²) in [5.74, 6) is 0.373. The summed E-state index contributed by atoms with van der Waals surface area (Å²) in [5, 5.41) is 14.8. The Balaban J connectivity index is 2.75. The summed E-state index contributed by atoms with van der Waals surface area (Å²) in [5.41, 5.74) is 0.00523. The van der Waals surface area contributed by atoms with Gasteiger partial charge in [0.15, 0.2) is 5.82 Å². The van der Waals surface area contributed by atoms with Crippen LogP contribution in [0.5, 0.6) is 0 Å². The van der Waals surface area contributed by atoms with Gasteiger partial charge in [0.1, 0.15) is 17.4 Å².